The molecule has 2 heterocycles. The molecule has 0 bridgehead atoms. The zero-order valence-corrected chi connectivity index (χ0v) is 12.2. The van der Waals surface area contributed by atoms with Crippen molar-refractivity contribution in [2.45, 2.75) is 27.3 Å². The normalized spacial score (nSPS) is 10.6. The van der Waals surface area contributed by atoms with Gasteiger partial charge in [-0.1, -0.05) is 19.9 Å². The van der Waals surface area contributed by atoms with Crippen LogP contribution in [0.15, 0.2) is 30.6 Å². The predicted molar refractivity (Wildman–Crippen MR) is 81.7 cm³/mol. The second-order valence-corrected chi connectivity index (χ2v) is 5.21. The van der Waals surface area contributed by atoms with Crippen LogP contribution in [0.2, 0.25) is 0 Å². The summed E-state index contributed by atoms with van der Waals surface area (Å²) in [4.78, 5) is 12.9. The zero-order chi connectivity index (χ0) is 14.4. The molecule has 0 aliphatic rings. The van der Waals surface area contributed by atoms with Crippen molar-refractivity contribution in [3.8, 4) is 0 Å². The molecule has 0 aromatic carbocycles. The quantitative estimate of drug-likeness (QED) is 0.846. The molecule has 0 saturated carbocycles. The zero-order valence-electron chi connectivity index (χ0n) is 12.2. The SMILES string of the molecule is Cc1cc(NCc2cccnc2)nc(NCC(C)C)n1. The van der Waals surface area contributed by atoms with Crippen molar-refractivity contribution >= 4 is 11.8 Å². The lowest BCUT2D eigenvalue weighted by Gasteiger charge is -2.11. The summed E-state index contributed by atoms with van der Waals surface area (Å²) in [6, 6.07) is 5.90. The minimum Gasteiger partial charge on any atom is -0.366 e. The average Bonchev–Trinajstić information content (AvgIpc) is 2.44. The van der Waals surface area contributed by atoms with Crippen LogP contribution in [-0.2, 0) is 6.54 Å². The lowest BCUT2D eigenvalue weighted by atomic mass is 10.2. The highest BCUT2D eigenvalue weighted by molar-refractivity contribution is 5.42. The van der Waals surface area contributed by atoms with Gasteiger partial charge in [-0.3, -0.25) is 4.98 Å². The van der Waals surface area contributed by atoms with Crippen LogP contribution < -0.4 is 10.6 Å². The van der Waals surface area contributed by atoms with E-state index >= 15 is 0 Å². The van der Waals surface area contributed by atoms with E-state index in [-0.39, 0.29) is 0 Å². The van der Waals surface area contributed by atoms with E-state index in [0.29, 0.717) is 18.4 Å². The summed E-state index contributed by atoms with van der Waals surface area (Å²) in [6.45, 7) is 7.85. The number of pyridine rings is 1. The van der Waals surface area contributed by atoms with E-state index in [1.165, 1.54) is 0 Å². The molecule has 2 aromatic rings. The molecule has 0 unspecified atom stereocenters. The smallest absolute Gasteiger partial charge is 0.224 e. The summed E-state index contributed by atoms with van der Waals surface area (Å²) in [5, 5.41) is 6.55. The first kappa shape index (κ1) is 14.2. The van der Waals surface area contributed by atoms with Crippen LogP contribution in [0.25, 0.3) is 0 Å². The molecule has 106 valence electrons. The van der Waals surface area contributed by atoms with Gasteiger partial charge in [-0.25, -0.2) is 4.98 Å². The Bertz CT molecular complexity index is 539. The third-order valence-electron chi connectivity index (χ3n) is 2.72. The van der Waals surface area contributed by atoms with E-state index in [4.69, 9.17) is 0 Å². The van der Waals surface area contributed by atoms with E-state index in [2.05, 4.69) is 39.4 Å². The lowest BCUT2D eigenvalue weighted by Crippen LogP contribution is -2.12. The van der Waals surface area contributed by atoms with E-state index in [1.807, 2.05) is 31.3 Å². The topological polar surface area (TPSA) is 62.7 Å². The third kappa shape index (κ3) is 4.50. The summed E-state index contributed by atoms with van der Waals surface area (Å²) in [5.41, 5.74) is 2.07. The average molecular weight is 271 g/mol. The Morgan fingerprint density at radius 3 is 2.75 bits per heavy atom. The molecule has 0 amide bonds. The fourth-order valence-electron chi connectivity index (χ4n) is 1.73. The van der Waals surface area contributed by atoms with Crippen LogP contribution in [0, 0.1) is 12.8 Å². The van der Waals surface area contributed by atoms with Gasteiger partial charge >= 0.3 is 0 Å². The van der Waals surface area contributed by atoms with E-state index < -0.39 is 0 Å². The van der Waals surface area contributed by atoms with Gasteiger partial charge in [-0.2, -0.15) is 4.98 Å². The largest absolute Gasteiger partial charge is 0.366 e. The number of nitrogens with one attached hydrogen (secondary N) is 2. The highest BCUT2D eigenvalue weighted by Crippen LogP contribution is 2.11. The maximum atomic E-state index is 4.47. The molecule has 5 nitrogen and oxygen atoms in total. The maximum absolute atomic E-state index is 4.47. The van der Waals surface area contributed by atoms with Crippen molar-refractivity contribution in [1.29, 1.82) is 0 Å². The minimum absolute atomic E-state index is 0.561. The molecule has 20 heavy (non-hydrogen) atoms. The van der Waals surface area contributed by atoms with Gasteiger partial charge in [-0.05, 0) is 24.5 Å². The van der Waals surface area contributed by atoms with Crippen molar-refractivity contribution in [1.82, 2.24) is 15.0 Å². The molecule has 2 aromatic heterocycles. The fraction of sp³-hybridized carbons (Fsp3) is 0.400. The monoisotopic (exact) mass is 271 g/mol. The molecule has 0 atom stereocenters. The van der Waals surface area contributed by atoms with Gasteiger partial charge in [-0.15, -0.1) is 0 Å². The van der Waals surface area contributed by atoms with Gasteiger partial charge in [0.1, 0.15) is 5.82 Å². The molecule has 0 aliphatic carbocycles. The Hall–Kier alpha value is -2.17. The molecule has 2 rings (SSSR count). The molecular formula is C15H21N5. The fourth-order valence-corrected chi connectivity index (χ4v) is 1.73. The number of aromatic nitrogens is 3. The molecule has 0 aliphatic heterocycles. The number of nitrogens with zero attached hydrogens (tertiary/aromatic N) is 3. The second kappa shape index (κ2) is 6.84. The summed E-state index contributed by atoms with van der Waals surface area (Å²) in [6.07, 6.45) is 3.62. The highest BCUT2D eigenvalue weighted by atomic mass is 15.1. The summed E-state index contributed by atoms with van der Waals surface area (Å²) in [5.74, 6) is 2.06. The van der Waals surface area contributed by atoms with Gasteiger partial charge in [0.15, 0.2) is 0 Å². The van der Waals surface area contributed by atoms with E-state index in [0.717, 1.165) is 23.6 Å². The first-order valence-electron chi connectivity index (χ1n) is 6.86. The standard InChI is InChI=1S/C15H21N5/c1-11(2)8-18-15-19-12(3)7-14(20-15)17-10-13-5-4-6-16-9-13/h4-7,9,11H,8,10H2,1-3H3,(H2,17,18,19,20). The number of rotatable bonds is 6. The highest BCUT2D eigenvalue weighted by Gasteiger charge is 2.03. The Labute approximate surface area is 119 Å². The van der Waals surface area contributed by atoms with Crippen LogP contribution in [0.1, 0.15) is 25.1 Å². The van der Waals surface area contributed by atoms with Crippen molar-refractivity contribution in [3.05, 3.63) is 41.9 Å². The number of hydrogen-bond donors (Lipinski definition) is 2. The Morgan fingerprint density at radius 1 is 1.20 bits per heavy atom. The van der Waals surface area contributed by atoms with Crippen LogP contribution in [0.4, 0.5) is 11.8 Å². The number of anilines is 2. The van der Waals surface area contributed by atoms with Crippen LogP contribution in [-0.4, -0.2) is 21.5 Å². The first-order valence-corrected chi connectivity index (χ1v) is 6.86. The van der Waals surface area contributed by atoms with Gasteiger partial charge in [0.2, 0.25) is 5.95 Å². The molecule has 0 spiro atoms. The summed E-state index contributed by atoms with van der Waals surface area (Å²) < 4.78 is 0. The molecule has 0 saturated heterocycles. The predicted octanol–water partition coefficient (Wildman–Crippen LogP) is 2.86. The Kier molecular flexibility index (Phi) is 4.87. The first-order chi connectivity index (χ1) is 9.63. The molecule has 5 heteroatoms. The van der Waals surface area contributed by atoms with Crippen molar-refractivity contribution in [2.24, 2.45) is 5.92 Å². The molecular weight excluding hydrogens is 250 g/mol. The molecule has 0 fully saturated rings. The van der Waals surface area contributed by atoms with Gasteiger partial charge in [0, 0.05) is 37.2 Å². The summed E-state index contributed by atoms with van der Waals surface area (Å²) >= 11 is 0. The van der Waals surface area contributed by atoms with Gasteiger partial charge in [0.05, 0.1) is 0 Å². The van der Waals surface area contributed by atoms with Crippen LogP contribution in [0.5, 0.6) is 0 Å². The van der Waals surface area contributed by atoms with Crippen molar-refractivity contribution in [2.75, 3.05) is 17.2 Å². The molecule has 0 radical (unpaired) electrons. The second-order valence-electron chi connectivity index (χ2n) is 5.21. The molecule has 2 N–H and O–H groups in total. The van der Waals surface area contributed by atoms with Gasteiger partial charge < -0.3 is 10.6 Å². The number of aryl methyl sites for hydroxylation is 1. The van der Waals surface area contributed by atoms with E-state index in [1.54, 1.807) is 6.20 Å². The van der Waals surface area contributed by atoms with Gasteiger partial charge in [0.25, 0.3) is 0 Å². The number of hydrogen-bond acceptors (Lipinski definition) is 5. The Balaban J connectivity index is 2.00. The summed E-state index contributed by atoms with van der Waals surface area (Å²) in [7, 11) is 0. The van der Waals surface area contributed by atoms with Crippen LogP contribution in [0.3, 0.4) is 0 Å². The maximum Gasteiger partial charge on any atom is 0.224 e. The Morgan fingerprint density at radius 2 is 2.05 bits per heavy atom. The third-order valence-corrected chi connectivity index (χ3v) is 2.72. The minimum atomic E-state index is 0.561. The lowest BCUT2D eigenvalue weighted by molar-refractivity contribution is 0.684. The van der Waals surface area contributed by atoms with E-state index in [9.17, 15) is 0 Å². The van der Waals surface area contributed by atoms with Crippen molar-refractivity contribution in [3.63, 3.8) is 0 Å². The van der Waals surface area contributed by atoms with Crippen LogP contribution >= 0.6 is 0 Å². The van der Waals surface area contributed by atoms with Crippen molar-refractivity contribution < 1.29 is 0 Å².